The molecule has 10 heteroatoms. The van der Waals surface area contributed by atoms with Gasteiger partial charge in [-0.1, -0.05) is 84.4 Å². The molecule has 4 aromatic rings. The quantitative estimate of drug-likeness (QED) is 0.161. The molecular weight excluding hydrogens is 680 g/mol. The van der Waals surface area contributed by atoms with Gasteiger partial charge in [0.25, 0.3) is 0 Å². The number of nitrogens with zero attached hydrogens (tertiary/aromatic N) is 2. The van der Waals surface area contributed by atoms with Crippen molar-refractivity contribution >= 4 is 52.7 Å². The number of methoxy groups -OCH3 is 2. The minimum Gasteiger partial charge on any atom is -0.508 e. The number of carbonyl (C=O) groups is 4. The number of aromatic hydroxyl groups is 1. The van der Waals surface area contributed by atoms with Crippen LogP contribution in [0.1, 0.15) is 35.4 Å². The Hall–Kier alpha value is -5.67. The molecule has 2 aliphatic carbocycles. The zero-order chi connectivity index (χ0) is 36.5. The molecule has 9 nitrogen and oxygen atoms in total. The van der Waals surface area contributed by atoms with Crippen molar-refractivity contribution in [1.82, 2.24) is 0 Å². The summed E-state index contributed by atoms with van der Waals surface area (Å²) in [5, 5.41) is 11.1. The number of amides is 4. The molecule has 4 aliphatic rings. The lowest BCUT2D eigenvalue weighted by Crippen LogP contribution is -2.53. The fraction of sp³-hybridized carbons (Fsp3) is 0.238. The number of ether oxygens (including phenoxy) is 2. The molecule has 262 valence electrons. The molecule has 0 bridgehead atoms. The maximum Gasteiger partial charge on any atom is 0.246 e. The molecule has 0 radical (unpaired) electrons. The number of fused-ring (bicyclic) bond motifs is 4. The van der Waals surface area contributed by atoms with Gasteiger partial charge in [-0.2, -0.15) is 0 Å². The number of hydrogen-bond acceptors (Lipinski definition) is 7. The molecule has 8 rings (SSSR count). The van der Waals surface area contributed by atoms with Crippen LogP contribution in [-0.4, -0.2) is 43.0 Å². The molecule has 1 saturated carbocycles. The first-order valence-corrected chi connectivity index (χ1v) is 17.5. The monoisotopic (exact) mass is 714 g/mol. The summed E-state index contributed by atoms with van der Waals surface area (Å²) < 4.78 is 11.8. The standard InChI is InChI=1S/C42H35ClN2O7/c1-4-23-13-15-26(16-14-23)44-38(47)30-18-17-29-31(35(30)40(44)49)22-32-39(48)45(27-12-8-11-25(43)19-27)41(50)42(32,24-9-6-5-7-10-24)37(29)36-33(51-2)20-28(46)21-34(36)52-3/h4-17,19-21,30-32,35,37,46H,1,18,22H2,2-3H3. The van der Waals surface area contributed by atoms with Gasteiger partial charge in [-0.3, -0.25) is 24.1 Å². The Morgan fingerprint density at radius 1 is 0.808 bits per heavy atom. The third-order valence-corrected chi connectivity index (χ3v) is 11.6. The number of phenolic OH excluding ortho intramolecular Hbond substituents is 1. The largest absolute Gasteiger partial charge is 0.508 e. The van der Waals surface area contributed by atoms with Crippen LogP contribution in [0.3, 0.4) is 0 Å². The summed E-state index contributed by atoms with van der Waals surface area (Å²) in [5.74, 6) is -5.10. The van der Waals surface area contributed by atoms with Crippen LogP contribution in [0.5, 0.6) is 17.2 Å². The molecule has 2 aliphatic heterocycles. The molecule has 0 spiro atoms. The van der Waals surface area contributed by atoms with Crippen LogP contribution >= 0.6 is 11.6 Å². The lowest BCUT2D eigenvalue weighted by atomic mass is 9.49. The highest BCUT2D eigenvalue weighted by molar-refractivity contribution is 6.32. The smallest absolute Gasteiger partial charge is 0.246 e. The number of hydrogen-bond donors (Lipinski definition) is 1. The van der Waals surface area contributed by atoms with Crippen molar-refractivity contribution in [1.29, 1.82) is 0 Å². The summed E-state index contributed by atoms with van der Waals surface area (Å²) in [5.41, 5.74) is 1.89. The topological polar surface area (TPSA) is 113 Å². The van der Waals surface area contributed by atoms with Crippen molar-refractivity contribution < 1.29 is 33.8 Å². The van der Waals surface area contributed by atoms with E-state index < -0.39 is 46.8 Å². The van der Waals surface area contributed by atoms with Crippen molar-refractivity contribution in [3.8, 4) is 17.2 Å². The van der Waals surface area contributed by atoms with Gasteiger partial charge in [-0.05, 0) is 60.2 Å². The van der Waals surface area contributed by atoms with Gasteiger partial charge in [-0.15, -0.1) is 0 Å². The fourth-order valence-electron chi connectivity index (χ4n) is 9.28. The Bertz CT molecular complexity index is 2170. The maximum atomic E-state index is 15.5. The number of carbonyl (C=O) groups excluding carboxylic acids is 4. The van der Waals surface area contributed by atoms with Crippen molar-refractivity contribution in [3.63, 3.8) is 0 Å². The summed E-state index contributed by atoms with van der Waals surface area (Å²) in [6.07, 6.45) is 4.04. The SMILES string of the molecule is C=Cc1ccc(N2C(=O)C3CC=C4C(CC5C(=O)N(c6cccc(Cl)c6)C(=O)C5(c5ccccc5)C4c4c(OC)cc(O)cc4OC)C3C2=O)cc1. The molecule has 6 unspecified atom stereocenters. The number of anilines is 2. The predicted octanol–water partition coefficient (Wildman–Crippen LogP) is 7.07. The molecule has 4 aromatic carbocycles. The van der Waals surface area contributed by atoms with E-state index in [0.29, 0.717) is 27.5 Å². The highest BCUT2D eigenvalue weighted by Gasteiger charge is 2.71. The van der Waals surface area contributed by atoms with E-state index in [1.807, 2.05) is 36.4 Å². The van der Waals surface area contributed by atoms with E-state index in [0.717, 1.165) is 11.1 Å². The van der Waals surface area contributed by atoms with E-state index in [1.54, 1.807) is 54.6 Å². The normalized spacial score (nSPS) is 26.4. The van der Waals surface area contributed by atoms with Crippen LogP contribution in [0.25, 0.3) is 6.08 Å². The summed E-state index contributed by atoms with van der Waals surface area (Å²) >= 11 is 6.42. The number of halogens is 1. The Kier molecular flexibility index (Phi) is 8.06. The molecule has 2 saturated heterocycles. The van der Waals surface area contributed by atoms with Gasteiger partial charge in [-0.25, -0.2) is 4.90 Å². The molecule has 3 fully saturated rings. The fourth-order valence-corrected chi connectivity index (χ4v) is 9.47. The zero-order valence-electron chi connectivity index (χ0n) is 28.5. The first-order chi connectivity index (χ1) is 25.1. The van der Waals surface area contributed by atoms with Gasteiger partial charge in [0.1, 0.15) is 17.2 Å². The third kappa shape index (κ3) is 4.68. The summed E-state index contributed by atoms with van der Waals surface area (Å²) in [7, 11) is 2.93. The Labute approximate surface area is 305 Å². The molecule has 2 heterocycles. The van der Waals surface area contributed by atoms with Gasteiger partial charge < -0.3 is 14.6 Å². The summed E-state index contributed by atoms with van der Waals surface area (Å²) in [6.45, 7) is 3.80. The molecular formula is C42H35ClN2O7. The predicted molar refractivity (Wildman–Crippen MR) is 196 cm³/mol. The van der Waals surface area contributed by atoms with Crippen molar-refractivity contribution in [2.24, 2.45) is 23.7 Å². The van der Waals surface area contributed by atoms with Crippen LogP contribution in [-0.2, 0) is 24.6 Å². The van der Waals surface area contributed by atoms with Gasteiger partial charge in [0.05, 0.1) is 48.8 Å². The lowest BCUT2D eigenvalue weighted by molar-refractivity contribution is -0.127. The highest BCUT2D eigenvalue weighted by atomic mass is 35.5. The average molecular weight is 715 g/mol. The van der Waals surface area contributed by atoms with E-state index in [4.69, 9.17) is 21.1 Å². The van der Waals surface area contributed by atoms with Crippen molar-refractivity contribution in [2.45, 2.75) is 24.2 Å². The summed E-state index contributed by atoms with van der Waals surface area (Å²) in [6, 6.07) is 25.8. The van der Waals surface area contributed by atoms with Crippen molar-refractivity contribution in [3.05, 3.63) is 131 Å². The van der Waals surface area contributed by atoms with Gasteiger partial charge in [0.2, 0.25) is 23.6 Å². The second-order valence-corrected chi connectivity index (χ2v) is 14.1. The number of allylic oxidation sites excluding steroid dienone is 2. The first kappa shape index (κ1) is 33.5. The number of imide groups is 2. The molecule has 4 amide bonds. The number of phenols is 1. The van der Waals surface area contributed by atoms with Gasteiger partial charge in [0, 0.05) is 28.6 Å². The van der Waals surface area contributed by atoms with E-state index in [1.165, 1.54) is 36.2 Å². The van der Waals surface area contributed by atoms with Crippen molar-refractivity contribution in [2.75, 3.05) is 24.0 Å². The first-order valence-electron chi connectivity index (χ1n) is 17.1. The van der Waals surface area contributed by atoms with E-state index >= 15 is 9.59 Å². The third-order valence-electron chi connectivity index (χ3n) is 11.4. The number of rotatable bonds is 7. The molecule has 6 atom stereocenters. The maximum absolute atomic E-state index is 15.5. The van der Waals surface area contributed by atoms with Gasteiger partial charge >= 0.3 is 0 Å². The van der Waals surface area contributed by atoms with E-state index in [2.05, 4.69) is 6.58 Å². The number of benzene rings is 4. The minimum atomic E-state index is -1.54. The van der Waals surface area contributed by atoms with E-state index in [9.17, 15) is 14.7 Å². The zero-order valence-corrected chi connectivity index (χ0v) is 29.2. The Morgan fingerprint density at radius 3 is 2.13 bits per heavy atom. The molecule has 0 aromatic heterocycles. The Morgan fingerprint density at radius 2 is 1.50 bits per heavy atom. The minimum absolute atomic E-state index is 0.114. The second-order valence-electron chi connectivity index (χ2n) is 13.7. The van der Waals surface area contributed by atoms with Crippen LogP contribution in [0, 0.1) is 23.7 Å². The van der Waals surface area contributed by atoms with E-state index in [-0.39, 0.29) is 41.9 Å². The van der Waals surface area contributed by atoms with Gasteiger partial charge in [0.15, 0.2) is 0 Å². The average Bonchev–Trinajstić information content (AvgIpc) is 3.55. The van der Waals surface area contributed by atoms with Crippen LogP contribution in [0.4, 0.5) is 11.4 Å². The lowest BCUT2D eigenvalue weighted by Gasteiger charge is -2.51. The molecule has 1 N–H and O–H groups in total. The molecule has 52 heavy (non-hydrogen) atoms. The second kappa shape index (κ2) is 12.5. The Balaban J connectivity index is 1.39. The van der Waals surface area contributed by atoms with Crippen LogP contribution in [0.15, 0.2) is 109 Å². The van der Waals surface area contributed by atoms with Crippen LogP contribution in [0.2, 0.25) is 5.02 Å². The highest BCUT2D eigenvalue weighted by Crippen LogP contribution is 2.66. The van der Waals surface area contributed by atoms with Crippen LogP contribution < -0.4 is 19.3 Å². The summed E-state index contributed by atoms with van der Waals surface area (Å²) in [4.78, 5) is 61.7.